The van der Waals surface area contributed by atoms with E-state index in [2.05, 4.69) is 0 Å². The molecule has 0 aromatic heterocycles. The maximum absolute atomic E-state index is 12.3. The van der Waals surface area contributed by atoms with E-state index in [4.69, 9.17) is 14.2 Å². The zero-order chi connectivity index (χ0) is 13.7. The molecule has 0 radical (unpaired) electrons. The highest BCUT2D eigenvalue weighted by molar-refractivity contribution is 7.95. The summed E-state index contributed by atoms with van der Waals surface area (Å²) in [5.74, 6) is 0. The van der Waals surface area contributed by atoms with Gasteiger partial charge in [-0.15, -0.1) is 0 Å². The minimum atomic E-state index is -3.48. The number of sulfone groups is 1. The van der Waals surface area contributed by atoms with Gasteiger partial charge in [0.05, 0.1) is 29.6 Å². The largest absolute Gasteiger partial charge is 0.382 e. The van der Waals surface area contributed by atoms with Crippen LogP contribution in [0.1, 0.15) is 0 Å². The number of benzene rings is 1. The fourth-order valence-electron chi connectivity index (χ4n) is 1.67. The summed E-state index contributed by atoms with van der Waals surface area (Å²) in [5, 5.41) is 0. The van der Waals surface area contributed by atoms with Crippen molar-refractivity contribution < 1.29 is 22.6 Å². The molecule has 5 nitrogen and oxygen atoms in total. The topological polar surface area (TPSA) is 61.8 Å². The van der Waals surface area contributed by atoms with Gasteiger partial charge in [-0.05, 0) is 18.2 Å². The Morgan fingerprint density at radius 3 is 2.68 bits per heavy atom. The van der Waals surface area contributed by atoms with Gasteiger partial charge < -0.3 is 14.2 Å². The van der Waals surface area contributed by atoms with Crippen molar-refractivity contribution in [3.8, 4) is 0 Å². The van der Waals surface area contributed by atoms with Gasteiger partial charge in [-0.25, -0.2) is 8.42 Å². The summed E-state index contributed by atoms with van der Waals surface area (Å²) < 4.78 is 40.0. The Balaban J connectivity index is 2.08. The van der Waals surface area contributed by atoms with Crippen LogP contribution in [0, 0.1) is 0 Å². The predicted molar refractivity (Wildman–Crippen MR) is 69.3 cm³/mol. The van der Waals surface area contributed by atoms with Crippen molar-refractivity contribution in [3.05, 3.63) is 41.3 Å². The highest BCUT2D eigenvalue weighted by Gasteiger charge is 2.27. The second kappa shape index (κ2) is 6.29. The summed E-state index contributed by atoms with van der Waals surface area (Å²) in [5.41, 5.74) is 0. The van der Waals surface area contributed by atoms with Gasteiger partial charge in [-0.1, -0.05) is 18.2 Å². The summed E-state index contributed by atoms with van der Waals surface area (Å²) in [6.45, 7) is 0.833. The second-order valence-electron chi connectivity index (χ2n) is 3.99. The van der Waals surface area contributed by atoms with Crippen molar-refractivity contribution in [3.63, 3.8) is 0 Å². The van der Waals surface area contributed by atoms with Crippen molar-refractivity contribution in [1.29, 1.82) is 0 Å². The van der Waals surface area contributed by atoms with Crippen molar-refractivity contribution >= 4 is 9.84 Å². The van der Waals surface area contributed by atoms with Crippen LogP contribution in [0.25, 0.3) is 0 Å². The third-order valence-corrected chi connectivity index (χ3v) is 4.52. The summed E-state index contributed by atoms with van der Waals surface area (Å²) in [6, 6.07) is 8.28. The molecule has 6 heteroatoms. The molecule has 0 saturated heterocycles. The molecule has 0 bridgehead atoms. The Hall–Kier alpha value is -1.21. The first-order valence-corrected chi connectivity index (χ1v) is 7.36. The summed E-state index contributed by atoms with van der Waals surface area (Å²) in [7, 11) is -1.91. The van der Waals surface area contributed by atoms with Gasteiger partial charge in [0, 0.05) is 7.11 Å². The normalized spacial score (nSPS) is 19.4. The van der Waals surface area contributed by atoms with E-state index in [0.29, 0.717) is 13.2 Å². The molecule has 0 spiro atoms. The predicted octanol–water partition coefficient (Wildman–Crippen LogP) is 1.36. The van der Waals surface area contributed by atoms with Crippen LogP contribution in [-0.4, -0.2) is 41.6 Å². The number of hydrogen-bond donors (Lipinski definition) is 0. The lowest BCUT2D eigenvalue weighted by Gasteiger charge is -2.08. The minimum absolute atomic E-state index is 0.0366. The molecule has 1 aromatic carbocycles. The Morgan fingerprint density at radius 2 is 2.00 bits per heavy atom. The van der Waals surface area contributed by atoms with Gasteiger partial charge in [-0.2, -0.15) is 0 Å². The Labute approximate surface area is 112 Å². The molecule has 2 rings (SSSR count). The third-order valence-electron chi connectivity index (χ3n) is 2.68. The Bertz CT molecular complexity index is 535. The molecule has 19 heavy (non-hydrogen) atoms. The molecule has 1 aliphatic heterocycles. The SMILES string of the molecule is COCCOC1C=C(S(=O)(=O)c2ccccc2)CO1. The minimum Gasteiger partial charge on any atom is -0.382 e. The molecule has 1 heterocycles. The first kappa shape index (κ1) is 14.2. The van der Waals surface area contributed by atoms with E-state index >= 15 is 0 Å². The van der Waals surface area contributed by atoms with Crippen LogP contribution < -0.4 is 0 Å². The lowest BCUT2D eigenvalue weighted by Crippen LogP contribution is -2.13. The van der Waals surface area contributed by atoms with Crippen molar-refractivity contribution in [2.45, 2.75) is 11.2 Å². The highest BCUT2D eigenvalue weighted by Crippen LogP contribution is 2.24. The van der Waals surface area contributed by atoms with Crippen LogP contribution in [0.4, 0.5) is 0 Å². The first-order valence-electron chi connectivity index (χ1n) is 5.87. The molecule has 104 valence electrons. The van der Waals surface area contributed by atoms with Crippen molar-refractivity contribution in [2.75, 3.05) is 26.9 Å². The first-order chi connectivity index (χ1) is 9.14. The molecule has 0 fully saturated rings. The molecule has 1 aromatic rings. The molecule has 1 atom stereocenters. The summed E-state index contributed by atoms with van der Waals surface area (Å²) in [4.78, 5) is 0.503. The molecule has 0 N–H and O–H groups in total. The standard InChI is InChI=1S/C13H16O5S/c1-16-7-8-17-13-9-12(10-18-13)19(14,15)11-5-3-2-4-6-11/h2-6,9,13H,7-8,10H2,1H3. The van der Waals surface area contributed by atoms with Gasteiger partial charge in [0.15, 0.2) is 6.29 Å². The third kappa shape index (κ3) is 3.42. The van der Waals surface area contributed by atoms with Crippen LogP contribution in [0.15, 0.2) is 46.2 Å². The smallest absolute Gasteiger partial charge is 0.204 e. The monoisotopic (exact) mass is 284 g/mol. The van der Waals surface area contributed by atoms with Gasteiger partial charge in [0.25, 0.3) is 0 Å². The number of ether oxygens (including phenoxy) is 3. The maximum Gasteiger partial charge on any atom is 0.204 e. The average Bonchev–Trinajstić information content (AvgIpc) is 2.90. The van der Waals surface area contributed by atoms with Gasteiger partial charge in [0.2, 0.25) is 9.84 Å². The average molecular weight is 284 g/mol. The lowest BCUT2D eigenvalue weighted by molar-refractivity contribution is -0.101. The molecule has 0 aliphatic carbocycles. The molecular formula is C13H16O5S. The maximum atomic E-state index is 12.3. The summed E-state index contributed by atoms with van der Waals surface area (Å²) >= 11 is 0. The van der Waals surface area contributed by atoms with E-state index in [9.17, 15) is 8.42 Å². The van der Waals surface area contributed by atoms with E-state index in [-0.39, 0.29) is 16.4 Å². The number of methoxy groups -OCH3 is 1. The zero-order valence-electron chi connectivity index (χ0n) is 10.6. The fourth-order valence-corrected chi connectivity index (χ4v) is 3.01. The van der Waals surface area contributed by atoms with Gasteiger partial charge in [0.1, 0.15) is 0 Å². The second-order valence-corrected chi connectivity index (χ2v) is 6.00. The molecule has 0 amide bonds. The highest BCUT2D eigenvalue weighted by atomic mass is 32.2. The van der Waals surface area contributed by atoms with Crippen molar-refractivity contribution in [1.82, 2.24) is 0 Å². The van der Waals surface area contributed by atoms with Gasteiger partial charge in [-0.3, -0.25) is 0 Å². The van der Waals surface area contributed by atoms with Crippen LogP contribution >= 0.6 is 0 Å². The number of rotatable bonds is 6. The van der Waals surface area contributed by atoms with E-state index in [1.54, 1.807) is 37.4 Å². The van der Waals surface area contributed by atoms with Crippen LogP contribution in [-0.2, 0) is 24.0 Å². The lowest BCUT2D eigenvalue weighted by atomic mass is 10.4. The van der Waals surface area contributed by atoms with E-state index < -0.39 is 16.1 Å². The van der Waals surface area contributed by atoms with Crippen LogP contribution in [0.3, 0.4) is 0 Å². The summed E-state index contributed by atoms with van der Waals surface area (Å²) in [6.07, 6.45) is 0.876. The van der Waals surface area contributed by atoms with E-state index in [0.717, 1.165) is 0 Å². The quantitative estimate of drug-likeness (QED) is 0.738. The van der Waals surface area contributed by atoms with E-state index in [1.807, 2.05) is 0 Å². The van der Waals surface area contributed by atoms with Gasteiger partial charge >= 0.3 is 0 Å². The number of hydrogen-bond acceptors (Lipinski definition) is 5. The molecule has 1 aliphatic rings. The Kier molecular flexibility index (Phi) is 4.71. The van der Waals surface area contributed by atoms with E-state index in [1.165, 1.54) is 6.08 Å². The fraction of sp³-hybridized carbons (Fsp3) is 0.385. The van der Waals surface area contributed by atoms with Crippen molar-refractivity contribution in [2.24, 2.45) is 0 Å². The van der Waals surface area contributed by atoms with Crippen LogP contribution in [0.5, 0.6) is 0 Å². The molecule has 0 saturated carbocycles. The molecular weight excluding hydrogens is 268 g/mol. The molecule has 1 unspecified atom stereocenters. The zero-order valence-corrected chi connectivity index (χ0v) is 11.4. The van der Waals surface area contributed by atoms with Crippen LogP contribution in [0.2, 0.25) is 0 Å². The Morgan fingerprint density at radius 1 is 1.26 bits per heavy atom.